The van der Waals surface area contributed by atoms with Gasteiger partial charge in [-0.1, -0.05) is 12.1 Å². The van der Waals surface area contributed by atoms with Gasteiger partial charge in [0.1, 0.15) is 12.3 Å². The van der Waals surface area contributed by atoms with Crippen LogP contribution in [0.2, 0.25) is 0 Å². The van der Waals surface area contributed by atoms with Crippen molar-refractivity contribution in [2.75, 3.05) is 32.6 Å². The second-order valence-electron chi connectivity index (χ2n) is 5.97. The Morgan fingerprint density at radius 1 is 1.08 bits per heavy atom. The lowest BCUT2D eigenvalue weighted by Gasteiger charge is -2.15. The fourth-order valence-corrected chi connectivity index (χ4v) is 2.60. The molecule has 26 heavy (non-hydrogen) atoms. The molecule has 6 nitrogen and oxygen atoms in total. The standard InChI is InChI=1S/C20H24N2O4/c1-4-26-20(24)17-7-5-6-8-18(17)21-19(23)14-22(2)13-15-9-11-16(25-3)12-10-15/h5-12H,4,13-14H2,1-3H3,(H,21,23)/p+1. The lowest BCUT2D eigenvalue weighted by molar-refractivity contribution is -0.885. The molecule has 0 aliphatic carbocycles. The third-order valence-corrected chi connectivity index (χ3v) is 3.82. The SMILES string of the molecule is CCOC(=O)c1ccccc1NC(=O)C[NH+](C)Cc1ccc(OC)cc1. The summed E-state index contributed by atoms with van der Waals surface area (Å²) < 4.78 is 10.2. The van der Waals surface area contributed by atoms with E-state index >= 15 is 0 Å². The smallest absolute Gasteiger partial charge is 0.340 e. The summed E-state index contributed by atoms with van der Waals surface area (Å²) in [7, 11) is 3.58. The van der Waals surface area contributed by atoms with E-state index in [1.54, 1.807) is 38.3 Å². The molecule has 2 N–H and O–H groups in total. The van der Waals surface area contributed by atoms with Crippen LogP contribution in [0.1, 0.15) is 22.8 Å². The first-order valence-corrected chi connectivity index (χ1v) is 8.53. The molecule has 138 valence electrons. The summed E-state index contributed by atoms with van der Waals surface area (Å²) >= 11 is 0. The lowest BCUT2D eigenvalue weighted by atomic mass is 10.1. The molecular weight excluding hydrogens is 332 g/mol. The van der Waals surface area contributed by atoms with Crippen molar-refractivity contribution in [1.29, 1.82) is 0 Å². The van der Waals surface area contributed by atoms with Gasteiger partial charge in [-0.2, -0.15) is 0 Å². The first-order valence-electron chi connectivity index (χ1n) is 8.53. The van der Waals surface area contributed by atoms with E-state index in [2.05, 4.69) is 5.32 Å². The molecule has 2 rings (SSSR count). The Morgan fingerprint density at radius 3 is 2.42 bits per heavy atom. The van der Waals surface area contributed by atoms with Crippen LogP contribution < -0.4 is 15.0 Å². The molecule has 0 aliphatic rings. The molecule has 0 saturated carbocycles. The number of quaternary nitrogens is 1. The Balaban J connectivity index is 1.94. The molecule has 0 bridgehead atoms. The number of hydrogen-bond donors (Lipinski definition) is 2. The summed E-state index contributed by atoms with van der Waals surface area (Å²) in [6, 6.07) is 14.6. The molecule has 0 heterocycles. The van der Waals surface area contributed by atoms with Gasteiger partial charge in [-0.25, -0.2) is 4.79 Å². The number of likely N-dealkylation sites (N-methyl/N-ethyl adjacent to an activating group) is 1. The zero-order valence-corrected chi connectivity index (χ0v) is 15.4. The zero-order chi connectivity index (χ0) is 18.9. The van der Waals surface area contributed by atoms with Crippen molar-refractivity contribution in [3.8, 4) is 5.75 Å². The summed E-state index contributed by atoms with van der Waals surface area (Å²) in [5.74, 6) is 0.204. The van der Waals surface area contributed by atoms with Gasteiger partial charge in [0.05, 0.1) is 32.0 Å². The Kier molecular flexibility index (Phi) is 7.17. The molecule has 0 aliphatic heterocycles. The number of benzene rings is 2. The Hall–Kier alpha value is -2.86. The molecule has 0 saturated heterocycles. The minimum Gasteiger partial charge on any atom is -0.497 e. The van der Waals surface area contributed by atoms with E-state index in [-0.39, 0.29) is 19.1 Å². The van der Waals surface area contributed by atoms with Crippen LogP contribution in [0.5, 0.6) is 5.75 Å². The largest absolute Gasteiger partial charge is 0.497 e. The van der Waals surface area contributed by atoms with Crippen molar-refractivity contribution in [3.05, 3.63) is 59.7 Å². The van der Waals surface area contributed by atoms with Crippen LogP contribution in [0, 0.1) is 0 Å². The van der Waals surface area contributed by atoms with E-state index in [9.17, 15) is 9.59 Å². The summed E-state index contributed by atoms with van der Waals surface area (Å²) in [4.78, 5) is 25.3. The Morgan fingerprint density at radius 2 is 1.77 bits per heavy atom. The van der Waals surface area contributed by atoms with Gasteiger partial charge in [0, 0.05) is 5.56 Å². The van der Waals surface area contributed by atoms with Crippen molar-refractivity contribution < 1.29 is 24.0 Å². The highest BCUT2D eigenvalue weighted by molar-refractivity contribution is 6.01. The maximum atomic E-state index is 12.3. The predicted molar refractivity (Wildman–Crippen MR) is 99.5 cm³/mol. The molecule has 1 atom stereocenters. The minimum absolute atomic E-state index is 0.159. The predicted octanol–water partition coefficient (Wildman–Crippen LogP) is 1.53. The molecule has 0 spiro atoms. The van der Waals surface area contributed by atoms with Gasteiger partial charge < -0.3 is 19.7 Å². The minimum atomic E-state index is -0.442. The van der Waals surface area contributed by atoms with Crippen LogP contribution in [0.4, 0.5) is 5.69 Å². The summed E-state index contributed by atoms with van der Waals surface area (Å²) in [5.41, 5.74) is 1.94. The fourth-order valence-electron chi connectivity index (χ4n) is 2.60. The van der Waals surface area contributed by atoms with Crippen molar-refractivity contribution in [1.82, 2.24) is 0 Å². The second-order valence-corrected chi connectivity index (χ2v) is 5.97. The number of para-hydroxylation sites is 1. The number of carbonyl (C=O) groups is 2. The van der Waals surface area contributed by atoms with Gasteiger partial charge in [-0.15, -0.1) is 0 Å². The van der Waals surface area contributed by atoms with Crippen LogP contribution in [0.25, 0.3) is 0 Å². The number of hydrogen-bond acceptors (Lipinski definition) is 4. The van der Waals surface area contributed by atoms with Crippen LogP contribution in [0.15, 0.2) is 48.5 Å². The van der Waals surface area contributed by atoms with Crippen molar-refractivity contribution in [3.63, 3.8) is 0 Å². The molecule has 0 aromatic heterocycles. The van der Waals surface area contributed by atoms with Gasteiger partial charge in [0.15, 0.2) is 6.54 Å². The number of amides is 1. The average Bonchev–Trinajstić information content (AvgIpc) is 2.62. The monoisotopic (exact) mass is 357 g/mol. The Labute approximate surface area is 153 Å². The number of esters is 1. The first-order chi connectivity index (χ1) is 12.5. The molecule has 6 heteroatoms. The Bertz CT molecular complexity index is 744. The molecule has 1 unspecified atom stereocenters. The highest BCUT2D eigenvalue weighted by Gasteiger charge is 2.16. The van der Waals surface area contributed by atoms with Crippen LogP contribution in [-0.4, -0.2) is 39.2 Å². The van der Waals surface area contributed by atoms with E-state index in [4.69, 9.17) is 9.47 Å². The highest BCUT2D eigenvalue weighted by atomic mass is 16.5. The number of methoxy groups -OCH3 is 1. The maximum absolute atomic E-state index is 12.3. The van der Waals surface area contributed by atoms with E-state index in [0.29, 0.717) is 17.8 Å². The van der Waals surface area contributed by atoms with Gasteiger partial charge in [-0.05, 0) is 43.3 Å². The summed E-state index contributed by atoms with van der Waals surface area (Å²) in [6.07, 6.45) is 0. The first kappa shape index (κ1) is 19.5. The summed E-state index contributed by atoms with van der Waals surface area (Å²) in [5, 5.41) is 2.80. The normalized spacial score (nSPS) is 11.5. The van der Waals surface area contributed by atoms with Crippen LogP contribution in [0.3, 0.4) is 0 Å². The van der Waals surface area contributed by atoms with Crippen molar-refractivity contribution in [2.45, 2.75) is 13.5 Å². The zero-order valence-electron chi connectivity index (χ0n) is 15.4. The third kappa shape index (κ3) is 5.60. The average molecular weight is 357 g/mol. The van der Waals surface area contributed by atoms with Crippen LogP contribution >= 0.6 is 0 Å². The molecule has 1 amide bonds. The maximum Gasteiger partial charge on any atom is 0.340 e. The van der Waals surface area contributed by atoms with Crippen LogP contribution in [-0.2, 0) is 16.1 Å². The molecule has 0 fully saturated rings. The van der Waals surface area contributed by atoms with Gasteiger partial charge in [0.25, 0.3) is 5.91 Å². The molecule has 2 aromatic carbocycles. The van der Waals surface area contributed by atoms with Crippen molar-refractivity contribution >= 4 is 17.6 Å². The fraction of sp³-hybridized carbons (Fsp3) is 0.300. The van der Waals surface area contributed by atoms with E-state index in [1.165, 1.54) is 0 Å². The van der Waals surface area contributed by atoms with E-state index < -0.39 is 5.97 Å². The number of ether oxygens (including phenoxy) is 2. The van der Waals surface area contributed by atoms with E-state index in [1.807, 2.05) is 31.3 Å². The number of rotatable bonds is 8. The highest BCUT2D eigenvalue weighted by Crippen LogP contribution is 2.16. The van der Waals surface area contributed by atoms with Gasteiger partial charge >= 0.3 is 5.97 Å². The van der Waals surface area contributed by atoms with Crippen molar-refractivity contribution in [2.24, 2.45) is 0 Å². The number of carbonyl (C=O) groups excluding carboxylic acids is 2. The summed E-state index contributed by atoms with van der Waals surface area (Å²) in [6.45, 7) is 3.02. The van der Waals surface area contributed by atoms with Gasteiger partial charge in [-0.3, -0.25) is 4.79 Å². The topological polar surface area (TPSA) is 69.1 Å². The molecular formula is C20H25N2O4+. The van der Waals surface area contributed by atoms with Gasteiger partial charge in [0.2, 0.25) is 0 Å². The quantitative estimate of drug-likeness (QED) is 0.703. The number of anilines is 1. The lowest BCUT2D eigenvalue weighted by Crippen LogP contribution is -3.08. The van der Waals surface area contributed by atoms with E-state index in [0.717, 1.165) is 16.2 Å². The molecule has 0 radical (unpaired) electrons. The number of nitrogens with one attached hydrogen (secondary N) is 2. The third-order valence-electron chi connectivity index (χ3n) is 3.82. The molecule has 2 aromatic rings. The second kappa shape index (κ2) is 9.58.